The molecule has 1 amide bonds. The molecular formula is C16H33N3O2. The highest BCUT2D eigenvalue weighted by molar-refractivity contribution is 5.67. The van der Waals surface area contributed by atoms with Gasteiger partial charge in [0.05, 0.1) is 0 Å². The Bertz CT molecular complexity index is 294. The molecule has 1 heterocycles. The van der Waals surface area contributed by atoms with Crippen molar-refractivity contribution in [2.24, 2.45) is 5.92 Å². The van der Waals surface area contributed by atoms with Crippen LogP contribution in [-0.4, -0.2) is 55.9 Å². The van der Waals surface area contributed by atoms with Gasteiger partial charge in [0, 0.05) is 13.1 Å². The molecule has 124 valence electrons. The van der Waals surface area contributed by atoms with Crippen LogP contribution in [0.4, 0.5) is 4.79 Å². The fourth-order valence-corrected chi connectivity index (χ4v) is 2.41. The Kier molecular flexibility index (Phi) is 8.04. The molecule has 0 bridgehead atoms. The van der Waals surface area contributed by atoms with E-state index in [-0.39, 0.29) is 6.09 Å². The van der Waals surface area contributed by atoms with E-state index in [0.717, 1.165) is 19.0 Å². The molecule has 0 saturated carbocycles. The summed E-state index contributed by atoms with van der Waals surface area (Å²) in [6.45, 7) is 14.0. The zero-order valence-corrected chi connectivity index (χ0v) is 14.2. The Morgan fingerprint density at radius 3 is 2.48 bits per heavy atom. The van der Waals surface area contributed by atoms with Gasteiger partial charge in [-0.2, -0.15) is 0 Å². The third-order valence-electron chi connectivity index (χ3n) is 3.67. The van der Waals surface area contributed by atoms with Gasteiger partial charge in [0.2, 0.25) is 0 Å². The minimum Gasteiger partial charge on any atom is -0.444 e. The number of ether oxygens (including phenoxy) is 1. The maximum Gasteiger partial charge on any atom is 0.407 e. The second-order valence-electron chi connectivity index (χ2n) is 7.06. The molecule has 1 fully saturated rings. The van der Waals surface area contributed by atoms with Crippen molar-refractivity contribution in [2.45, 2.75) is 52.6 Å². The zero-order chi connectivity index (χ0) is 15.7. The van der Waals surface area contributed by atoms with E-state index in [1.165, 1.54) is 38.9 Å². The number of likely N-dealkylation sites (tertiary alicyclic amines) is 1. The van der Waals surface area contributed by atoms with Crippen LogP contribution < -0.4 is 10.6 Å². The first-order chi connectivity index (χ1) is 9.87. The second kappa shape index (κ2) is 9.26. The van der Waals surface area contributed by atoms with Gasteiger partial charge in [-0.15, -0.1) is 0 Å². The van der Waals surface area contributed by atoms with E-state index >= 15 is 0 Å². The van der Waals surface area contributed by atoms with E-state index in [0.29, 0.717) is 6.54 Å². The Hall–Kier alpha value is -0.810. The Labute approximate surface area is 129 Å². The Morgan fingerprint density at radius 2 is 1.86 bits per heavy atom. The van der Waals surface area contributed by atoms with Gasteiger partial charge >= 0.3 is 6.09 Å². The number of rotatable bonds is 7. The van der Waals surface area contributed by atoms with Crippen molar-refractivity contribution >= 4 is 6.09 Å². The number of carbonyl (C=O) groups excluding carboxylic acids is 1. The molecule has 1 aliphatic heterocycles. The van der Waals surface area contributed by atoms with E-state index < -0.39 is 5.60 Å². The SMILES string of the molecule is CC1CCN(CCCNCCNC(=O)OC(C)(C)C)CC1. The summed E-state index contributed by atoms with van der Waals surface area (Å²) in [5.74, 6) is 0.901. The number of hydrogen-bond donors (Lipinski definition) is 2. The van der Waals surface area contributed by atoms with Gasteiger partial charge in [0.25, 0.3) is 0 Å². The van der Waals surface area contributed by atoms with Crippen molar-refractivity contribution in [1.82, 2.24) is 15.5 Å². The van der Waals surface area contributed by atoms with Gasteiger partial charge in [-0.25, -0.2) is 4.79 Å². The minimum absolute atomic E-state index is 0.341. The summed E-state index contributed by atoms with van der Waals surface area (Å²) in [5, 5.41) is 6.11. The molecule has 0 aromatic heterocycles. The minimum atomic E-state index is -0.427. The van der Waals surface area contributed by atoms with Crippen LogP contribution in [-0.2, 0) is 4.74 Å². The summed E-state index contributed by atoms with van der Waals surface area (Å²) in [7, 11) is 0. The Balaban J connectivity index is 1.90. The number of alkyl carbamates (subject to hydrolysis) is 1. The van der Waals surface area contributed by atoms with Gasteiger partial charge in [-0.3, -0.25) is 0 Å². The quantitative estimate of drug-likeness (QED) is 0.708. The molecule has 1 saturated heterocycles. The lowest BCUT2D eigenvalue weighted by Crippen LogP contribution is -2.37. The number of hydrogen-bond acceptors (Lipinski definition) is 4. The lowest BCUT2D eigenvalue weighted by Gasteiger charge is -2.30. The molecule has 1 aliphatic rings. The fraction of sp³-hybridized carbons (Fsp3) is 0.938. The number of nitrogens with one attached hydrogen (secondary N) is 2. The van der Waals surface area contributed by atoms with Gasteiger partial charge in [0.1, 0.15) is 5.60 Å². The van der Waals surface area contributed by atoms with Gasteiger partial charge < -0.3 is 20.3 Å². The standard InChI is InChI=1S/C16H33N3O2/c1-14-6-12-19(13-7-14)11-5-8-17-9-10-18-15(20)21-16(2,3)4/h14,17H,5-13H2,1-4H3,(H,18,20). The van der Waals surface area contributed by atoms with Crippen molar-refractivity contribution in [3.8, 4) is 0 Å². The van der Waals surface area contributed by atoms with E-state index in [1.807, 2.05) is 20.8 Å². The molecular weight excluding hydrogens is 266 g/mol. The number of nitrogens with zero attached hydrogens (tertiary/aromatic N) is 1. The molecule has 0 aromatic carbocycles. The number of piperidine rings is 1. The monoisotopic (exact) mass is 299 g/mol. The van der Waals surface area contributed by atoms with Crippen molar-refractivity contribution < 1.29 is 9.53 Å². The second-order valence-corrected chi connectivity index (χ2v) is 7.06. The summed E-state index contributed by atoms with van der Waals surface area (Å²) < 4.78 is 5.17. The van der Waals surface area contributed by atoms with Crippen LogP contribution >= 0.6 is 0 Å². The van der Waals surface area contributed by atoms with E-state index in [4.69, 9.17) is 4.74 Å². The van der Waals surface area contributed by atoms with E-state index in [1.54, 1.807) is 0 Å². The first-order valence-electron chi connectivity index (χ1n) is 8.27. The maximum atomic E-state index is 11.4. The average Bonchev–Trinajstić information content (AvgIpc) is 2.37. The van der Waals surface area contributed by atoms with Gasteiger partial charge in [-0.1, -0.05) is 6.92 Å². The van der Waals surface area contributed by atoms with Crippen molar-refractivity contribution in [2.75, 3.05) is 39.3 Å². The van der Waals surface area contributed by atoms with Crippen LogP contribution in [0.2, 0.25) is 0 Å². The highest BCUT2D eigenvalue weighted by atomic mass is 16.6. The van der Waals surface area contributed by atoms with Gasteiger partial charge in [0.15, 0.2) is 0 Å². The summed E-state index contributed by atoms with van der Waals surface area (Å²) in [4.78, 5) is 14.0. The highest BCUT2D eigenvalue weighted by Crippen LogP contribution is 2.15. The molecule has 5 nitrogen and oxygen atoms in total. The molecule has 21 heavy (non-hydrogen) atoms. The maximum absolute atomic E-state index is 11.4. The average molecular weight is 299 g/mol. The summed E-state index contributed by atoms with van der Waals surface area (Å²) >= 11 is 0. The first kappa shape index (κ1) is 18.2. The molecule has 0 radical (unpaired) electrons. The number of carbonyl (C=O) groups is 1. The van der Waals surface area contributed by atoms with Crippen molar-refractivity contribution in [1.29, 1.82) is 0 Å². The summed E-state index contributed by atoms with van der Waals surface area (Å²) in [5.41, 5.74) is -0.427. The third-order valence-corrected chi connectivity index (χ3v) is 3.67. The third kappa shape index (κ3) is 9.69. The molecule has 0 atom stereocenters. The molecule has 5 heteroatoms. The van der Waals surface area contributed by atoms with E-state index in [2.05, 4.69) is 22.5 Å². The predicted octanol–water partition coefficient (Wildman–Crippen LogP) is 2.22. The number of amides is 1. The normalized spacial score (nSPS) is 17.7. The highest BCUT2D eigenvalue weighted by Gasteiger charge is 2.15. The first-order valence-corrected chi connectivity index (χ1v) is 8.27. The molecule has 1 rings (SSSR count). The zero-order valence-electron chi connectivity index (χ0n) is 14.2. The summed E-state index contributed by atoms with van der Waals surface area (Å²) in [6, 6.07) is 0. The van der Waals surface area contributed by atoms with Crippen LogP contribution in [0.3, 0.4) is 0 Å². The molecule has 0 aliphatic carbocycles. The summed E-state index contributed by atoms with van der Waals surface area (Å²) in [6.07, 6.45) is 3.51. The van der Waals surface area contributed by atoms with Crippen molar-refractivity contribution in [3.05, 3.63) is 0 Å². The predicted molar refractivity (Wildman–Crippen MR) is 86.6 cm³/mol. The van der Waals surface area contributed by atoms with Crippen LogP contribution in [0, 0.1) is 5.92 Å². The van der Waals surface area contributed by atoms with E-state index in [9.17, 15) is 4.79 Å². The van der Waals surface area contributed by atoms with Crippen LogP contribution in [0.1, 0.15) is 47.0 Å². The fourth-order valence-electron chi connectivity index (χ4n) is 2.41. The molecule has 0 unspecified atom stereocenters. The van der Waals surface area contributed by atoms with Crippen LogP contribution in [0.25, 0.3) is 0 Å². The molecule has 0 aromatic rings. The van der Waals surface area contributed by atoms with Crippen molar-refractivity contribution in [3.63, 3.8) is 0 Å². The smallest absolute Gasteiger partial charge is 0.407 e. The topological polar surface area (TPSA) is 53.6 Å². The van der Waals surface area contributed by atoms with Gasteiger partial charge in [-0.05, 0) is 72.1 Å². The molecule has 2 N–H and O–H groups in total. The molecule has 0 spiro atoms. The van der Waals surface area contributed by atoms with Crippen LogP contribution in [0.5, 0.6) is 0 Å². The lowest BCUT2D eigenvalue weighted by molar-refractivity contribution is 0.0528. The van der Waals surface area contributed by atoms with Crippen LogP contribution in [0.15, 0.2) is 0 Å². The lowest BCUT2D eigenvalue weighted by atomic mass is 9.99. The largest absolute Gasteiger partial charge is 0.444 e. The Morgan fingerprint density at radius 1 is 1.19 bits per heavy atom.